The van der Waals surface area contributed by atoms with Crippen LogP contribution in [0.2, 0.25) is 0 Å². The Morgan fingerprint density at radius 2 is 1.80 bits per heavy atom. The molecular weight excluding hydrogens is 632 g/mol. The SMILES string of the molecule is COc1cc(C(=O)N2C[C@H]3CC[C@@H]2[C@@H]3N)cc2nc(-c3cc4cccnc4n3CC3CC3)n(C3CCN(C(=O)c4cnc(C#N)nc4)CC3)c12. The first-order valence-electron chi connectivity index (χ1n) is 17.5. The van der Waals surface area contributed by atoms with Crippen LogP contribution in [0, 0.1) is 23.2 Å². The first-order valence-corrected chi connectivity index (χ1v) is 17.5. The number of rotatable bonds is 7. The van der Waals surface area contributed by atoms with E-state index in [0.717, 1.165) is 47.5 Å². The second kappa shape index (κ2) is 11.9. The number of amides is 2. The Hall–Kier alpha value is -5.35. The number of piperidine rings is 2. The van der Waals surface area contributed by atoms with Gasteiger partial charge in [-0.2, -0.15) is 5.26 Å². The number of aromatic nitrogens is 6. The standard InChI is InChI=1S/C37H38N10O3/c1-50-30-15-24(37(49)46-20-23-6-7-28(46)32(23)39)13-27-33(30)47(26-8-11-44(12-9-26)36(48)25-17-41-31(16-38)42-18-25)35(43-27)29-14-22-3-2-10-40-34(22)45(29)19-21-4-5-21/h2-3,10,13-15,17-18,21,23,26,28,32H,4-9,11-12,19-20,39H2,1H3/t23-,28-,32-/m1/s1. The largest absolute Gasteiger partial charge is 0.494 e. The van der Waals surface area contributed by atoms with E-state index in [2.05, 4.69) is 31.2 Å². The van der Waals surface area contributed by atoms with E-state index in [1.807, 2.05) is 40.3 Å². The van der Waals surface area contributed by atoms with Crippen molar-refractivity contribution in [3.8, 4) is 23.3 Å². The molecular formula is C37H38N10O3. The van der Waals surface area contributed by atoms with Crippen molar-refractivity contribution < 1.29 is 14.3 Å². The first-order chi connectivity index (χ1) is 24.4. The predicted molar refractivity (Wildman–Crippen MR) is 184 cm³/mol. The predicted octanol–water partition coefficient (Wildman–Crippen LogP) is 4.17. The molecule has 5 aromatic rings. The molecule has 2 saturated heterocycles. The maximum absolute atomic E-state index is 14.0. The van der Waals surface area contributed by atoms with Gasteiger partial charge in [0.2, 0.25) is 5.82 Å². The van der Waals surface area contributed by atoms with Gasteiger partial charge in [-0.05, 0) is 80.7 Å². The highest BCUT2D eigenvalue weighted by Gasteiger charge is 2.47. The summed E-state index contributed by atoms with van der Waals surface area (Å²) in [7, 11) is 1.64. The molecule has 2 amide bonds. The highest BCUT2D eigenvalue weighted by molar-refractivity contribution is 6.00. The van der Waals surface area contributed by atoms with Crippen molar-refractivity contribution in [3.05, 3.63) is 65.9 Å². The fourth-order valence-electron chi connectivity index (χ4n) is 8.48. The van der Waals surface area contributed by atoms with E-state index >= 15 is 0 Å². The van der Waals surface area contributed by atoms with Gasteiger partial charge in [0.15, 0.2) is 5.82 Å². The Balaban J connectivity index is 1.13. The molecule has 4 aromatic heterocycles. The van der Waals surface area contributed by atoms with Gasteiger partial charge in [-0.1, -0.05) is 0 Å². The zero-order chi connectivity index (χ0) is 34.1. The molecule has 3 atom stereocenters. The van der Waals surface area contributed by atoms with Gasteiger partial charge in [0.05, 0.1) is 23.9 Å². The van der Waals surface area contributed by atoms with Crippen LogP contribution in [0.5, 0.6) is 5.75 Å². The third-order valence-electron chi connectivity index (χ3n) is 11.3. The van der Waals surface area contributed by atoms with Crippen LogP contribution in [0.3, 0.4) is 0 Å². The Morgan fingerprint density at radius 1 is 1.00 bits per heavy atom. The molecule has 50 heavy (non-hydrogen) atoms. The van der Waals surface area contributed by atoms with E-state index in [-0.39, 0.29) is 35.8 Å². The average molecular weight is 671 g/mol. The molecule has 6 heterocycles. The molecule has 4 aliphatic rings. The highest BCUT2D eigenvalue weighted by atomic mass is 16.5. The van der Waals surface area contributed by atoms with Crippen molar-refractivity contribution in [3.63, 3.8) is 0 Å². The van der Waals surface area contributed by atoms with E-state index in [4.69, 9.17) is 25.7 Å². The van der Waals surface area contributed by atoms with Gasteiger partial charge in [0.1, 0.15) is 23.0 Å². The zero-order valence-corrected chi connectivity index (χ0v) is 27.9. The Labute approximate surface area is 288 Å². The third-order valence-corrected chi connectivity index (χ3v) is 11.3. The molecule has 13 nitrogen and oxygen atoms in total. The molecule has 1 aromatic carbocycles. The molecule has 2 N–H and O–H groups in total. The summed E-state index contributed by atoms with van der Waals surface area (Å²) in [6.07, 6.45) is 10.4. The first kappa shape index (κ1) is 30.7. The van der Waals surface area contributed by atoms with E-state index in [9.17, 15) is 9.59 Å². The summed E-state index contributed by atoms with van der Waals surface area (Å²) in [6, 6.07) is 12.0. The molecule has 254 valence electrons. The molecule has 0 unspecified atom stereocenters. The number of ether oxygens (including phenoxy) is 1. The molecule has 0 spiro atoms. The van der Waals surface area contributed by atoms with Crippen molar-refractivity contribution in [2.45, 2.75) is 63.2 Å². The monoisotopic (exact) mass is 670 g/mol. The van der Waals surface area contributed by atoms with Crippen molar-refractivity contribution in [1.29, 1.82) is 5.26 Å². The lowest BCUT2D eigenvalue weighted by Crippen LogP contribution is -2.41. The Bertz CT molecular complexity index is 2190. The average Bonchev–Trinajstić information content (AvgIpc) is 3.49. The lowest BCUT2D eigenvalue weighted by Gasteiger charge is -2.34. The second-order valence-electron chi connectivity index (χ2n) is 14.2. The minimum absolute atomic E-state index is 0.000576. The molecule has 2 aliphatic carbocycles. The molecule has 9 rings (SSSR count). The van der Waals surface area contributed by atoms with Crippen LogP contribution < -0.4 is 10.5 Å². The van der Waals surface area contributed by atoms with Gasteiger partial charge in [-0.15, -0.1) is 0 Å². The Morgan fingerprint density at radius 3 is 2.48 bits per heavy atom. The number of nitrogens with two attached hydrogens (primary N) is 1. The molecule has 0 radical (unpaired) electrons. The van der Waals surface area contributed by atoms with E-state index in [1.54, 1.807) is 7.11 Å². The van der Waals surface area contributed by atoms with Crippen LogP contribution in [0.4, 0.5) is 0 Å². The van der Waals surface area contributed by atoms with Gasteiger partial charge >= 0.3 is 0 Å². The maximum atomic E-state index is 14.0. The number of carbonyl (C=O) groups is 2. The number of pyridine rings is 1. The van der Waals surface area contributed by atoms with Crippen LogP contribution in [-0.2, 0) is 6.54 Å². The fraction of sp³-hybridized carbons (Fsp3) is 0.432. The minimum atomic E-state index is -0.157. The van der Waals surface area contributed by atoms with Gasteiger partial charge in [0.25, 0.3) is 11.8 Å². The van der Waals surface area contributed by atoms with Gasteiger partial charge < -0.3 is 29.4 Å². The highest BCUT2D eigenvalue weighted by Crippen LogP contribution is 2.42. The van der Waals surface area contributed by atoms with Crippen LogP contribution in [0.15, 0.2) is 48.9 Å². The molecule has 2 saturated carbocycles. The number of fused-ring (bicyclic) bond motifs is 4. The van der Waals surface area contributed by atoms with Crippen molar-refractivity contribution >= 4 is 33.9 Å². The summed E-state index contributed by atoms with van der Waals surface area (Å²) in [5.41, 5.74) is 10.8. The lowest BCUT2D eigenvalue weighted by molar-refractivity contribution is 0.0690. The molecule has 2 aliphatic heterocycles. The quantitative estimate of drug-likeness (QED) is 0.268. The second-order valence-corrected chi connectivity index (χ2v) is 14.2. The van der Waals surface area contributed by atoms with Crippen molar-refractivity contribution in [1.82, 2.24) is 38.9 Å². The lowest BCUT2D eigenvalue weighted by atomic mass is 10.0. The van der Waals surface area contributed by atoms with E-state index < -0.39 is 0 Å². The van der Waals surface area contributed by atoms with Crippen molar-refractivity contribution in [2.75, 3.05) is 26.7 Å². The smallest absolute Gasteiger partial charge is 0.256 e. The number of methoxy groups -OCH3 is 1. The summed E-state index contributed by atoms with van der Waals surface area (Å²) in [5, 5.41) is 10.1. The normalized spacial score (nSPS) is 22.1. The van der Waals surface area contributed by atoms with Crippen molar-refractivity contribution in [2.24, 2.45) is 17.6 Å². The number of benzene rings is 1. The van der Waals surface area contributed by atoms with E-state index in [1.165, 1.54) is 25.2 Å². The summed E-state index contributed by atoms with van der Waals surface area (Å²) in [5.74, 6) is 2.19. The number of nitriles is 1. The number of likely N-dealkylation sites (tertiary alicyclic amines) is 2. The topological polar surface area (TPSA) is 161 Å². The van der Waals surface area contributed by atoms with Gasteiger partial charge in [-0.3, -0.25) is 9.59 Å². The molecule has 2 bridgehead atoms. The zero-order valence-electron chi connectivity index (χ0n) is 27.9. The minimum Gasteiger partial charge on any atom is -0.494 e. The van der Waals surface area contributed by atoms with Crippen LogP contribution in [0.25, 0.3) is 33.6 Å². The summed E-state index contributed by atoms with van der Waals surface area (Å²) in [6.45, 7) is 2.58. The van der Waals surface area contributed by atoms with Crippen LogP contribution >= 0.6 is 0 Å². The fourth-order valence-corrected chi connectivity index (χ4v) is 8.48. The summed E-state index contributed by atoms with van der Waals surface area (Å²) < 4.78 is 10.6. The van der Waals surface area contributed by atoms with Crippen LogP contribution in [-0.4, -0.2) is 89.5 Å². The number of carbonyl (C=O) groups excluding carboxylic acids is 2. The molecule has 4 fully saturated rings. The van der Waals surface area contributed by atoms with Gasteiger partial charge in [-0.25, -0.2) is 19.9 Å². The van der Waals surface area contributed by atoms with Crippen LogP contribution in [0.1, 0.15) is 71.1 Å². The third kappa shape index (κ3) is 5.00. The number of imidazole rings is 1. The van der Waals surface area contributed by atoms with Gasteiger partial charge in [0, 0.05) is 73.8 Å². The number of hydrogen-bond acceptors (Lipinski definition) is 9. The summed E-state index contributed by atoms with van der Waals surface area (Å²) >= 11 is 0. The number of nitrogens with zero attached hydrogens (tertiary/aromatic N) is 9. The molecule has 13 heteroatoms. The Kier molecular flexibility index (Phi) is 7.31. The van der Waals surface area contributed by atoms with E-state index in [0.29, 0.717) is 66.7 Å². The maximum Gasteiger partial charge on any atom is 0.256 e. The number of hydrogen-bond donors (Lipinski definition) is 1. The summed E-state index contributed by atoms with van der Waals surface area (Å²) in [4.78, 5) is 49.3.